The van der Waals surface area contributed by atoms with E-state index in [1.165, 1.54) is 0 Å². The maximum Gasteiger partial charge on any atom is 0.326 e. The van der Waals surface area contributed by atoms with Crippen molar-refractivity contribution >= 4 is 82.2 Å². The van der Waals surface area contributed by atoms with Crippen LogP contribution in [0.25, 0.3) is 0 Å². The molecule has 2 aromatic carbocycles. The van der Waals surface area contributed by atoms with Crippen molar-refractivity contribution in [2.45, 2.75) is 63.5 Å². The van der Waals surface area contributed by atoms with E-state index in [-0.39, 0.29) is 35.7 Å². The molecule has 2 saturated heterocycles. The van der Waals surface area contributed by atoms with Crippen molar-refractivity contribution < 1.29 is 29.4 Å². The van der Waals surface area contributed by atoms with Gasteiger partial charge in [0.05, 0.1) is 0 Å². The van der Waals surface area contributed by atoms with Crippen LogP contribution in [0.5, 0.6) is 0 Å². The summed E-state index contributed by atoms with van der Waals surface area (Å²) in [6, 6.07) is 12.9. The van der Waals surface area contributed by atoms with E-state index in [9.17, 15) is 19.2 Å². The van der Waals surface area contributed by atoms with E-state index in [0.717, 1.165) is 37.1 Å². The summed E-state index contributed by atoms with van der Waals surface area (Å²) < 4.78 is 0. The Morgan fingerprint density at radius 1 is 0.654 bits per heavy atom. The number of rotatable bonds is 11. The second kappa shape index (κ2) is 23.0. The van der Waals surface area contributed by atoms with Gasteiger partial charge in [-0.15, -0.1) is 0 Å². The van der Waals surface area contributed by atoms with E-state index in [0.29, 0.717) is 48.8 Å². The second-order valence-corrected chi connectivity index (χ2v) is 12.0. The van der Waals surface area contributed by atoms with E-state index < -0.39 is 24.0 Å². The van der Waals surface area contributed by atoms with Gasteiger partial charge in [-0.05, 0) is 74.2 Å². The summed E-state index contributed by atoms with van der Waals surface area (Å²) in [5.41, 5.74) is 24.8. The topological polar surface area (TPSA) is 310 Å². The van der Waals surface area contributed by atoms with Crippen LogP contribution in [0.4, 0.5) is 11.4 Å². The van der Waals surface area contributed by atoms with Gasteiger partial charge in [-0.1, -0.05) is 36.0 Å². The fourth-order valence-electron chi connectivity index (χ4n) is 4.30. The number of unbranched alkanes of at least 4 members (excludes halogenated alkanes) is 3. The summed E-state index contributed by atoms with van der Waals surface area (Å²) in [4.78, 5) is 57.5. The van der Waals surface area contributed by atoms with Gasteiger partial charge in [-0.2, -0.15) is 9.98 Å². The highest BCUT2D eigenvalue weighted by atomic mass is 35.5. The molecule has 2 fully saturated rings. The number of amides is 2. The molecule has 0 spiro atoms. The van der Waals surface area contributed by atoms with Crippen molar-refractivity contribution in [2.24, 2.45) is 42.9 Å². The lowest BCUT2D eigenvalue weighted by atomic mass is 10.2. The molecule has 14 N–H and O–H groups in total. The lowest BCUT2D eigenvalue weighted by molar-refractivity contribution is -0.140. The molecule has 2 aliphatic heterocycles. The minimum absolute atomic E-state index is 0.124. The number of hydrogen-bond donors (Lipinski definition) is 10. The van der Waals surface area contributed by atoms with Gasteiger partial charge in [0, 0.05) is 47.4 Å². The molecule has 282 valence electrons. The number of aliphatic imine (C=N–C) groups is 4. The summed E-state index contributed by atoms with van der Waals surface area (Å²) in [7, 11) is 0. The third-order valence-electron chi connectivity index (χ3n) is 6.90. The van der Waals surface area contributed by atoms with Gasteiger partial charge in [0.2, 0.25) is 35.7 Å². The number of anilines is 2. The molecule has 0 saturated carbocycles. The van der Waals surface area contributed by atoms with E-state index in [4.69, 9.17) is 56.3 Å². The lowest BCUT2D eigenvalue weighted by Crippen LogP contribution is -2.32. The molecule has 2 amide bonds. The van der Waals surface area contributed by atoms with Crippen LogP contribution in [-0.4, -0.2) is 83.0 Å². The zero-order chi connectivity index (χ0) is 38.5. The van der Waals surface area contributed by atoms with Gasteiger partial charge in [0.15, 0.2) is 0 Å². The summed E-state index contributed by atoms with van der Waals surface area (Å²) in [6.07, 6.45) is 5.22. The Kier molecular flexibility index (Phi) is 18.8. The normalized spacial score (nSPS) is 17.5. The van der Waals surface area contributed by atoms with E-state index in [1.54, 1.807) is 48.5 Å². The SMILES string of the molecule is NC(=NCCCCCCN=C(N)N=C(N)Nc1ccc(Cl)cc1)N=C(N)Nc1ccc(Cl)cc1.O=C1CCC(C(=O)O)N1.O=C1CCC(C(=O)O)N1. The minimum atomic E-state index is -0.944. The fourth-order valence-corrected chi connectivity index (χ4v) is 4.55. The predicted molar refractivity (Wildman–Crippen MR) is 202 cm³/mol. The standard InChI is InChI=1S/C22H30Cl2N10.2C5H7NO3/c23-15-5-9-17(10-6-15)31-21(27)33-19(25)29-13-3-1-2-4-14-30-20(26)34-22(28)32-18-11-7-16(24)8-12-18;2*7-4-2-1-3(6-4)5(8)9/h5-12H,1-4,13-14H2,(H5,25,27,29,31,33)(H5,26,28,30,32,34);2*3H,1-2H2,(H,6,7)(H,8,9). The first-order chi connectivity index (χ1) is 24.7. The van der Waals surface area contributed by atoms with Crippen LogP contribution in [0.1, 0.15) is 51.4 Å². The maximum atomic E-state index is 10.4. The summed E-state index contributed by atoms with van der Waals surface area (Å²) in [6.45, 7) is 1.12. The number of aliphatic carboxylic acids is 2. The van der Waals surface area contributed by atoms with Gasteiger partial charge in [0.1, 0.15) is 12.1 Å². The molecule has 0 bridgehead atoms. The molecular formula is C32H44Cl2N12O6. The number of hydrogen-bond acceptors (Lipinski definition) is 6. The second-order valence-electron chi connectivity index (χ2n) is 11.1. The van der Waals surface area contributed by atoms with Gasteiger partial charge in [-0.3, -0.25) is 19.6 Å². The van der Waals surface area contributed by atoms with Crippen molar-refractivity contribution in [3.05, 3.63) is 58.6 Å². The van der Waals surface area contributed by atoms with Gasteiger partial charge >= 0.3 is 11.9 Å². The number of nitrogens with two attached hydrogens (primary N) is 4. The number of carboxylic acids is 2. The lowest BCUT2D eigenvalue weighted by Gasteiger charge is -2.05. The summed E-state index contributed by atoms with van der Waals surface area (Å²) in [5, 5.41) is 28.4. The summed E-state index contributed by atoms with van der Waals surface area (Å²) in [5.74, 6) is -1.65. The third kappa shape index (κ3) is 18.4. The molecule has 52 heavy (non-hydrogen) atoms. The number of benzene rings is 2. The number of nitrogens with zero attached hydrogens (tertiary/aromatic N) is 4. The Morgan fingerprint density at radius 3 is 1.27 bits per heavy atom. The van der Waals surface area contributed by atoms with Crippen molar-refractivity contribution in [2.75, 3.05) is 23.7 Å². The average molecular weight is 764 g/mol. The van der Waals surface area contributed by atoms with Crippen LogP contribution in [0.15, 0.2) is 68.5 Å². The van der Waals surface area contributed by atoms with Crippen LogP contribution in [0.3, 0.4) is 0 Å². The van der Waals surface area contributed by atoms with Crippen LogP contribution in [0, 0.1) is 0 Å². The molecule has 20 heteroatoms. The third-order valence-corrected chi connectivity index (χ3v) is 7.41. The summed E-state index contributed by atoms with van der Waals surface area (Å²) >= 11 is 11.7. The molecule has 0 aromatic heterocycles. The number of carbonyl (C=O) groups is 4. The Morgan fingerprint density at radius 2 is 1.00 bits per heavy atom. The van der Waals surface area contributed by atoms with Crippen LogP contribution < -0.4 is 44.2 Å². The minimum Gasteiger partial charge on any atom is -0.480 e. The zero-order valence-electron chi connectivity index (χ0n) is 28.2. The van der Waals surface area contributed by atoms with Crippen LogP contribution in [0.2, 0.25) is 10.0 Å². The molecular weight excluding hydrogens is 719 g/mol. The molecule has 18 nitrogen and oxygen atoms in total. The number of nitrogens with one attached hydrogen (secondary N) is 4. The largest absolute Gasteiger partial charge is 0.480 e. The van der Waals surface area contributed by atoms with Crippen LogP contribution in [-0.2, 0) is 19.2 Å². The Balaban J connectivity index is 0.000000417. The Bertz CT molecular complexity index is 1500. The predicted octanol–water partition coefficient (Wildman–Crippen LogP) is 2.04. The molecule has 2 atom stereocenters. The van der Waals surface area contributed by atoms with Crippen molar-refractivity contribution in [3.63, 3.8) is 0 Å². The molecule has 2 aliphatic rings. The van der Waals surface area contributed by atoms with E-state index in [1.807, 2.05) is 0 Å². The first-order valence-electron chi connectivity index (χ1n) is 16.1. The Labute approximate surface area is 310 Å². The van der Waals surface area contributed by atoms with Crippen molar-refractivity contribution in [1.82, 2.24) is 10.6 Å². The molecule has 2 heterocycles. The smallest absolute Gasteiger partial charge is 0.326 e. The van der Waals surface area contributed by atoms with Crippen LogP contribution >= 0.6 is 23.2 Å². The number of halogens is 2. The number of guanidine groups is 4. The first kappa shape index (κ1) is 42.5. The van der Waals surface area contributed by atoms with Crippen molar-refractivity contribution in [1.29, 1.82) is 0 Å². The van der Waals surface area contributed by atoms with E-state index in [2.05, 4.69) is 41.2 Å². The zero-order valence-corrected chi connectivity index (χ0v) is 29.7. The highest BCUT2D eigenvalue weighted by Crippen LogP contribution is 2.14. The molecule has 0 radical (unpaired) electrons. The first-order valence-corrected chi connectivity index (χ1v) is 16.8. The van der Waals surface area contributed by atoms with Crippen molar-refractivity contribution in [3.8, 4) is 0 Å². The highest BCUT2D eigenvalue weighted by Gasteiger charge is 2.26. The molecule has 0 aliphatic carbocycles. The molecule has 2 aromatic rings. The monoisotopic (exact) mass is 762 g/mol. The number of carbonyl (C=O) groups excluding carboxylic acids is 2. The molecule has 2 unspecified atom stereocenters. The molecule has 4 rings (SSSR count). The average Bonchev–Trinajstić information content (AvgIpc) is 3.73. The van der Waals surface area contributed by atoms with Gasteiger partial charge < -0.3 is 54.4 Å². The quantitative estimate of drug-likeness (QED) is 0.0893. The van der Waals surface area contributed by atoms with Gasteiger partial charge in [-0.25, -0.2) is 9.59 Å². The highest BCUT2D eigenvalue weighted by molar-refractivity contribution is 6.31. The Hall–Kier alpha value is -5.62. The maximum absolute atomic E-state index is 10.4. The van der Waals surface area contributed by atoms with Gasteiger partial charge in [0.25, 0.3) is 0 Å². The van der Waals surface area contributed by atoms with E-state index >= 15 is 0 Å². The fraction of sp³-hybridized carbons (Fsp3) is 0.375. The number of carboxylic acid groups (broad SMARTS) is 2.